The SMILES string of the molecule is Brc1cccc2c1NCCN2.Cl. The average Bonchev–Trinajstić information content (AvgIpc) is 2.06. The van der Waals surface area contributed by atoms with Gasteiger partial charge in [-0.05, 0) is 28.1 Å². The molecule has 0 bridgehead atoms. The largest absolute Gasteiger partial charge is 0.382 e. The van der Waals surface area contributed by atoms with E-state index in [9.17, 15) is 0 Å². The van der Waals surface area contributed by atoms with Gasteiger partial charge in [-0.15, -0.1) is 12.4 Å². The molecule has 0 atom stereocenters. The molecule has 0 aromatic heterocycles. The number of hydrogen-bond acceptors (Lipinski definition) is 2. The molecule has 4 heteroatoms. The predicted octanol–water partition coefficient (Wildman–Crippen LogP) is 2.71. The fourth-order valence-corrected chi connectivity index (χ4v) is 1.74. The highest BCUT2D eigenvalue weighted by Gasteiger charge is 2.08. The van der Waals surface area contributed by atoms with Crippen LogP contribution in [0.25, 0.3) is 0 Å². The number of halogens is 2. The summed E-state index contributed by atoms with van der Waals surface area (Å²) in [6.07, 6.45) is 0. The minimum Gasteiger partial charge on any atom is -0.382 e. The van der Waals surface area contributed by atoms with Gasteiger partial charge in [0.05, 0.1) is 11.4 Å². The van der Waals surface area contributed by atoms with Gasteiger partial charge in [-0.3, -0.25) is 0 Å². The molecule has 1 aliphatic heterocycles. The summed E-state index contributed by atoms with van der Waals surface area (Å²) in [6, 6.07) is 6.15. The minimum absolute atomic E-state index is 0. The van der Waals surface area contributed by atoms with Crippen molar-refractivity contribution in [1.29, 1.82) is 0 Å². The van der Waals surface area contributed by atoms with Crippen molar-refractivity contribution < 1.29 is 0 Å². The van der Waals surface area contributed by atoms with Crippen molar-refractivity contribution in [2.45, 2.75) is 0 Å². The van der Waals surface area contributed by atoms with Crippen molar-refractivity contribution in [3.63, 3.8) is 0 Å². The van der Waals surface area contributed by atoms with E-state index in [2.05, 4.69) is 32.6 Å². The van der Waals surface area contributed by atoms with Crippen molar-refractivity contribution in [3.05, 3.63) is 22.7 Å². The highest BCUT2D eigenvalue weighted by atomic mass is 79.9. The van der Waals surface area contributed by atoms with E-state index in [0.29, 0.717) is 0 Å². The summed E-state index contributed by atoms with van der Waals surface area (Å²) in [6.45, 7) is 2.00. The lowest BCUT2D eigenvalue weighted by Crippen LogP contribution is -2.20. The predicted molar refractivity (Wildman–Crippen MR) is 58.4 cm³/mol. The lowest BCUT2D eigenvalue weighted by molar-refractivity contribution is 1.04. The van der Waals surface area contributed by atoms with Crippen LogP contribution in [-0.2, 0) is 0 Å². The number of rotatable bonds is 0. The Morgan fingerprint density at radius 3 is 2.67 bits per heavy atom. The van der Waals surface area contributed by atoms with E-state index in [1.54, 1.807) is 0 Å². The Morgan fingerprint density at radius 2 is 1.92 bits per heavy atom. The molecule has 2 rings (SSSR count). The number of fused-ring (bicyclic) bond motifs is 1. The van der Waals surface area contributed by atoms with Crippen LogP contribution in [0.1, 0.15) is 0 Å². The van der Waals surface area contributed by atoms with Crippen LogP contribution >= 0.6 is 28.3 Å². The van der Waals surface area contributed by atoms with Gasteiger partial charge in [0, 0.05) is 17.6 Å². The van der Waals surface area contributed by atoms with Gasteiger partial charge < -0.3 is 10.6 Å². The molecule has 1 aliphatic rings. The fraction of sp³-hybridized carbons (Fsp3) is 0.250. The Balaban J connectivity index is 0.000000720. The van der Waals surface area contributed by atoms with Crippen LogP contribution in [0.15, 0.2) is 22.7 Å². The standard InChI is InChI=1S/C8H9BrN2.ClH/c9-6-2-1-3-7-8(6)11-5-4-10-7;/h1-3,10-11H,4-5H2;1H. The molecule has 12 heavy (non-hydrogen) atoms. The van der Waals surface area contributed by atoms with E-state index in [4.69, 9.17) is 0 Å². The van der Waals surface area contributed by atoms with Crippen LogP contribution < -0.4 is 10.6 Å². The van der Waals surface area contributed by atoms with E-state index < -0.39 is 0 Å². The monoisotopic (exact) mass is 248 g/mol. The molecule has 66 valence electrons. The lowest BCUT2D eigenvalue weighted by Gasteiger charge is -2.20. The second-order valence-corrected chi connectivity index (χ2v) is 3.37. The first kappa shape index (κ1) is 9.68. The maximum atomic E-state index is 3.48. The lowest BCUT2D eigenvalue weighted by atomic mass is 10.2. The van der Waals surface area contributed by atoms with Crippen LogP contribution in [-0.4, -0.2) is 13.1 Å². The van der Waals surface area contributed by atoms with Gasteiger partial charge >= 0.3 is 0 Å². The van der Waals surface area contributed by atoms with Crippen LogP contribution in [0.4, 0.5) is 11.4 Å². The van der Waals surface area contributed by atoms with Gasteiger partial charge in [0.15, 0.2) is 0 Å². The second-order valence-electron chi connectivity index (χ2n) is 2.52. The molecule has 0 radical (unpaired) electrons. The van der Waals surface area contributed by atoms with Crippen molar-refractivity contribution >= 4 is 39.7 Å². The third-order valence-corrected chi connectivity index (χ3v) is 2.42. The van der Waals surface area contributed by atoms with Crippen LogP contribution in [0.5, 0.6) is 0 Å². The molecule has 0 saturated carbocycles. The van der Waals surface area contributed by atoms with Gasteiger partial charge in [0.1, 0.15) is 0 Å². The first-order chi connectivity index (χ1) is 5.38. The molecule has 0 amide bonds. The highest BCUT2D eigenvalue weighted by molar-refractivity contribution is 9.10. The summed E-state index contributed by atoms with van der Waals surface area (Å²) < 4.78 is 1.13. The third-order valence-electron chi connectivity index (χ3n) is 1.76. The molecule has 0 fully saturated rings. The molecular weight excluding hydrogens is 239 g/mol. The first-order valence-corrected chi connectivity index (χ1v) is 4.43. The molecule has 0 spiro atoms. The van der Waals surface area contributed by atoms with Gasteiger partial charge in [-0.1, -0.05) is 6.07 Å². The summed E-state index contributed by atoms with van der Waals surface area (Å²) in [7, 11) is 0. The van der Waals surface area contributed by atoms with E-state index >= 15 is 0 Å². The normalized spacial score (nSPS) is 13.4. The number of hydrogen-bond donors (Lipinski definition) is 2. The first-order valence-electron chi connectivity index (χ1n) is 3.64. The van der Waals surface area contributed by atoms with E-state index in [1.165, 1.54) is 11.4 Å². The number of para-hydroxylation sites is 1. The van der Waals surface area contributed by atoms with Crippen molar-refractivity contribution in [1.82, 2.24) is 0 Å². The van der Waals surface area contributed by atoms with Gasteiger partial charge in [0.25, 0.3) is 0 Å². The zero-order chi connectivity index (χ0) is 7.68. The molecule has 0 aliphatic carbocycles. The number of anilines is 2. The summed E-state index contributed by atoms with van der Waals surface area (Å²) in [5.74, 6) is 0. The van der Waals surface area contributed by atoms with Crippen molar-refractivity contribution in [3.8, 4) is 0 Å². The molecule has 0 saturated heterocycles. The number of benzene rings is 1. The smallest absolute Gasteiger partial charge is 0.0720 e. The van der Waals surface area contributed by atoms with Crippen LogP contribution in [0.2, 0.25) is 0 Å². The molecular formula is C8H10BrClN2. The Kier molecular flexibility index (Phi) is 3.23. The molecule has 1 aromatic carbocycles. The van der Waals surface area contributed by atoms with Crippen molar-refractivity contribution in [2.24, 2.45) is 0 Å². The molecule has 1 heterocycles. The Hall–Kier alpha value is -0.410. The summed E-state index contributed by atoms with van der Waals surface area (Å²) in [5.41, 5.74) is 2.37. The molecule has 2 N–H and O–H groups in total. The van der Waals surface area contributed by atoms with E-state index in [-0.39, 0.29) is 12.4 Å². The summed E-state index contributed by atoms with van der Waals surface area (Å²) in [4.78, 5) is 0. The second kappa shape index (κ2) is 4.01. The van der Waals surface area contributed by atoms with E-state index in [1.807, 2.05) is 12.1 Å². The maximum Gasteiger partial charge on any atom is 0.0720 e. The van der Waals surface area contributed by atoms with Gasteiger partial charge in [-0.2, -0.15) is 0 Å². The zero-order valence-corrected chi connectivity index (χ0v) is 8.83. The van der Waals surface area contributed by atoms with Gasteiger partial charge in [0.2, 0.25) is 0 Å². The summed E-state index contributed by atoms with van der Waals surface area (Å²) >= 11 is 3.48. The highest BCUT2D eigenvalue weighted by Crippen LogP contribution is 2.31. The maximum absolute atomic E-state index is 3.48. The molecule has 0 unspecified atom stereocenters. The van der Waals surface area contributed by atoms with Gasteiger partial charge in [-0.25, -0.2) is 0 Å². The Morgan fingerprint density at radius 1 is 1.17 bits per heavy atom. The van der Waals surface area contributed by atoms with E-state index in [0.717, 1.165) is 17.6 Å². The number of nitrogens with one attached hydrogen (secondary N) is 2. The third kappa shape index (κ3) is 1.67. The zero-order valence-electron chi connectivity index (χ0n) is 6.43. The topological polar surface area (TPSA) is 24.1 Å². The summed E-state index contributed by atoms with van der Waals surface area (Å²) in [5, 5.41) is 6.63. The van der Waals surface area contributed by atoms with Crippen LogP contribution in [0, 0.1) is 0 Å². The minimum atomic E-state index is 0. The van der Waals surface area contributed by atoms with Crippen molar-refractivity contribution in [2.75, 3.05) is 23.7 Å². The Bertz CT molecular complexity index is 278. The molecule has 2 nitrogen and oxygen atoms in total. The Labute approximate surface area is 86.3 Å². The molecule has 1 aromatic rings. The fourth-order valence-electron chi connectivity index (χ4n) is 1.24. The average molecular weight is 250 g/mol. The van der Waals surface area contributed by atoms with Crippen LogP contribution in [0.3, 0.4) is 0 Å². The quantitative estimate of drug-likeness (QED) is 0.739.